The summed E-state index contributed by atoms with van der Waals surface area (Å²) in [4.78, 5) is 0. The average molecular weight is 236 g/mol. The van der Waals surface area contributed by atoms with Gasteiger partial charge in [-0.15, -0.1) is 0 Å². The molecule has 0 bridgehead atoms. The Hall–Kier alpha value is -2.06. The molecule has 1 aliphatic heterocycles. The fraction of sp³-hybridized carbons (Fsp3) is 0.125. The topological polar surface area (TPSA) is 22.4 Å². The van der Waals surface area contributed by atoms with E-state index in [9.17, 15) is 0 Å². The van der Waals surface area contributed by atoms with Crippen LogP contribution in [0.2, 0.25) is 0 Å². The van der Waals surface area contributed by atoms with Gasteiger partial charge in [0.05, 0.1) is 6.61 Å². The molecule has 0 saturated carbocycles. The molecule has 1 aliphatic rings. The molecule has 0 fully saturated rings. The molecule has 2 heterocycles. The minimum atomic E-state index is -0.0615. The third-order valence-electron chi connectivity index (χ3n) is 3.45. The van der Waals surface area contributed by atoms with Gasteiger partial charge in [0, 0.05) is 5.39 Å². The highest BCUT2D eigenvalue weighted by Gasteiger charge is 2.27. The molecule has 1 unspecified atom stereocenters. The number of para-hydroxylation sites is 1. The number of fused-ring (bicyclic) bond motifs is 2. The summed E-state index contributed by atoms with van der Waals surface area (Å²) in [6.07, 6.45) is -0.0615. The molecule has 2 heteroatoms. The Morgan fingerprint density at radius 1 is 0.944 bits per heavy atom. The van der Waals surface area contributed by atoms with Crippen LogP contribution >= 0.6 is 0 Å². The Morgan fingerprint density at radius 2 is 1.78 bits per heavy atom. The van der Waals surface area contributed by atoms with Gasteiger partial charge >= 0.3 is 0 Å². The lowest BCUT2D eigenvalue weighted by molar-refractivity contribution is 0.0797. The molecule has 1 atom stereocenters. The normalized spacial score (nSPS) is 18.1. The zero-order chi connectivity index (χ0) is 11.9. The summed E-state index contributed by atoms with van der Waals surface area (Å²) in [5.41, 5.74) is 3.39. The molecular formula is C16H12O2. The Morgan fingerprint density at radius 3 is 2.72 bits per heavy atom. The molecule has 3 aromatic rings. The van der Waals surface area contributed by atoms with E-state index in [0.29, 0.717) is 6.61 Å². The minimum absolute atomic E-state index is 0.0615. The number of furan rings is 1. The summed E-state index contributed by atoms with van der Waals surface area (Å²) in [5, 5.41) is 1.13. The Balaban J connectivity index is 1.85. The van der Waals surface area contributed by atoms with Gasteiger partial charge in [0.15, 0.2) is 0 Å². The summed E-state index contributed by atoms with van der Waals surface area (Å²) in [6.45, 7) is 0.665. The first kappa shape index (κ1) is 9.92. The SMILES string of the molecule is c1ccc2c(c1)COC2c1cc2ccccc2o1. The average Bonchev–Trinajstić information content (AvgIpc) is 3.02. The van der Waals surface area contributed by atoms with Gasteiger partial charge in [0.1, 0.15) is 17.4 Å². The van der Waals surface area contributed by atoms with Crippen LogP contribution in [0.5, 0.6) is 0 Å². The van der Waals surface area contributed by atoms with Gasteiger partial charge in [-0.2, -0.15) is 0 Å². The summed E-state index contributed by atoms with van der Waals surface area (Å²) in [5.74, 6) is 0.890. The summed E-state index contributed by atoms with van der Waals surface area (Å²) >= 11 is 0. The second kappa shape index (κ2) is 3.72. The maximum Gasteiger partial charge on any atom is 0.141 e. The van der Waals surface area contributed by atoms with Crippen molar-refractivity contribution in [3.8, 4) is 0 Å². The van der Waals surface area contributed by atoms with Gasteiger partial charge in [0.25, 0.3) is 0 Å². The predicted octanol–water partition coefficient (Wildman–Crippen LogP) is 4.05. The Bertz CT molecular complexity index is 679. The van der Waals surface area contributed by atoms with Gasteiger partial charge in [-0.1, -0.05) is 42.5 Å². The first-order valence-electron chi connectivity index (χ1n) is 6.10. The van der Waals surface area contributed by atoms with E-state index in [1.54, 1.807) is 0 Å². The van der Waals surface area contributed by atoms with Crippen molar-refractivity contribution in [2.45, 2.75) is 12.7 Å². The van der Waals surface area contributed by atoms with Crippen molar-refractivity contribution >= 4 is 11.0 Å². The number of hydrogen-bond acceptors (Lipinski definition) is 2. The molecule has 88 valence electrons. The zero-order valence-electron chi connectivity index (χ0n) is 9.80. The summed E-state index contributed by atoms with van der Waals surface area (Å²) in [6, 6.07) is 18.4. The van der Waals surface area contributed by atoms with Crippen molar-refractivity contribution < 1.29 is 9.15 Å². The van der Waals surface area contributed by atoms with E-state index in [0.717, 1.165) is 16.7 Å². The van der Waals surface area contributed by atoms with Crippen molar-refractivity contribution in [2.24, 2.45) is 0 Å². The number of hydrogen-bond donors (Lipinski definition) is 0. The molecule has 0 aliphatic carbocycles. The number of ether oxygens (including phenoxy) is 1. The van der Waals surface area contributed by atoms with Gasteiger partial charge in [0.2, 0.25) is 0 Å². The Labute approximate surface area is 105 Å². The second-order valence-corrected chi connectivity index (χ2v) is 4.58. The highest BCUT2D eigenvalue weighted by atomic mass is 16.5. The Kier molecular flexibility index (Phi) is 2.05. The predicted molar refractivity (Wildman–Crippen MR) is 69.3 cm³/mol. The van der Waals surface area contributed by atoms with Crippen LogP contribution < -0.4 is 0 Å². The minimum Gasteiger partial charge on any atom is -0.458 e. The van der Waals surface area contributed by atoms with Gasteiger partial charge in [-0.05, 0) is 23.3 Å². The molecule has 0 N–H and O–H groups in total. The van der Waals surface area contributed by atoms with Crippen molar-refractivity contribution in [1.29, 1.82) is 0 Å². The van der Waals surface area contributed by atoms with Gasteiger partial charge < -0.3 is 9.15 Å². The molecule has 0 saturated heterocycles. The van der Waals surface area contributed by atoms with Crippen LogP contribution in [0.15, 0.2) is 59.0 Å². The largest absolute Gasteiger partial charge is 0.458 e. The van der Waals surface area contributed by atoms with Crippen LogP contribution in [-0.2, 0) is 11.3 Å². The van der Waals surface area contributed by atoms with Gasteiger partial charge in [-0.25, -0.2) is 0 Å². The molecule has 4 rings (SSSR count). The van der Waals surface area contributed by atoms with Gasteiger partial charge in [-0.3, -0.25) is 0 Å². The van der Waals surface area contributed by atoms with Crippen LogP contribution in [0.4, 0.5) is 0 Å². The summed E-state index contributed by atoms with van der Waals surface area (Å²) in [7, 11) is 0. The molecule has 0 radical (unpaired) electrons. The standard InChI is InChI=1S/C16H12O2/c1-3-7-13-12(6-1)10-17-16(13)15-9-11-5-2-4-8-14(11)18-15/h1-9,16H,10H2. The van der Waals surface area contributed by atoms with Crippen molar-refractivity contribution in [2.75, 3.05) is 0 Å². The molecule has 2 aromatic carbocycles. The highest BCUT2D eigenvalue weighted by Crippen LogP contribution is 2.37. The van der Waals surface area contributed by atoms with Crippen LogP contribution in [0.3, 0.4) is 0 Å². The van der Waals surface area contributed by atoms with Crippen LogP contribution in [0, 0.1) is 0 Å². The van der Waals surface area contributed by atoms with Crippen molar-refractivity contribution in [1.82, 2.24) is 0 Å². The lowest BCUT2D eigenvalue weighted by Crippen LogP contribution is -1.95. The number of rotatable bonds is 1. The lowest BCUT2D eigenvalue weighted by atomic mass is 10.0. The molecule has 0 amide bonds. The molecular weight excluding hydrogens is 224 g/mol. The van der Waals surface area contributed by atoms with E-state index >= 15 is 0 Å². The van der Waals surface area contributed by atoms with Crippen LogP contribution in [-0.4, -0.2) is 0 Å². The third kappa shape index (κ3) is 1.39. The van der Waals surface area contributed by atoms with Crippen LogP contribution in [0.25, 0.3) is 11.0 Å². The molecule has 1 aromatic heterocycles. The van der Waals surface area contributed by atoms with Crippen LogP contribution in [0.1, 0.15) is 23.0 Å². The quantitative estimate of drug-likeness (QED) is 0.636. The third-order valence-corrected chi connectivity index (χ3v) is 3.45. The first-order valence-corrected chi connectivity index (χ1v) is 6.10. The smallest absolute Gasteiger partial charge is 0.141 e. The van der Waals surface area contributed by atoms with E-state index in [1.165, 1.54) is 11.1 Å². The van der Waals surface area contributed by atoms with E-state index < -0.39 is 0 Å². The monoisotopic (exact) mass is 236 g/mol. The first-order chi connectivity index (χ1) is 8.92. The van der Waals surface area contributed by atoms with E-state index in [4.69, 9.17) is 9.15 Å². The highest BCUT2D eigenvalue weighted by molar-refractivity contribution is 5.78. The van der Waals surface area contributed by atoms with E-state index in [1.807, 2.05) is 30.3 Å². The fourth-order valence-electron chi connectivity index (χ4n) is 2.55. The molecule has 2 nitrogen and oxygen atoms in total. The zero-order valence-corrected chi connectivity index (χ0v) is 9.80. The number of benzene rings is 2. The van der Waals surface area contributed by atoms with E-state index in [-0.39, 0.29) is 6.10 Å². The van der Waals surface area contributed by atoms with Crippen molar-refractivity contribution in [3.63, 3.8) is 0 Å². The maximum absolute atomic E-state index is 5.88. The lowest BCUT2D eigenvalue weighted by Gasteiger charge is -2.06. The second-order valence-electron chi connectivity index (χ2n) is 4.58. The molecule has 0 spiro atoms. The van der Waals surface area contributed by atoms with E-state index in [2.05, 4.69) is 24.3 Å². The maximum atomic E-state index is 5.88. The summed E-state index contributed by atoms with van der Waals surface area (Å²) < 4.78 is 11.7. The molecule has 18 heavy (non-hydrogen) atoms. The van der Waals surface area contributed by atoms with Crippen molar-refractivity contribution in [3.05, 3.63) is 71.5 Å². The fourth-order valence-corrected chi connectivity index (χ4v) is 2.55.